The second-order valence-corrected chi connectivity index (χ2v) is 8.26. The third-order valence-electron chi connectivity index (χ3n) is 7.31. The predicted octanol–water partition coefficient (Wildman–Crippen LogP) is 3.94. The third kappa shape index (κ3) is 1.83. The molecule has 21 heavy (non-hydrogen) atoms. The number of Topliss-reactive ketones (excluding diaryl/α,β-unsaturated/α-hetero) is 1. The van der Waals surface area contributed by atoms with Crippen molar-refractivity contribution in [2.45, 2.75) is 58.8 Å². The lowest BCUT2D eigenvalue weighted by molar-refractivity contribution is -0.133. The average molecular weight is 286 g/mol. The highest BCUT2D eigenvalue weighted by atomic mass is 16.1. The number of rotatable bonds is 0. The Hall–Kier alpha value is -0.920. The largest absolute Gasteiger partial charge is 0.299 e. The van der Waals surface area contributed by atoms with E-state index in [1.807, 2.05) is 6.08 Å². The number of ketones is 2. The molecule has 0 aromatic heterocycles. The number of hydrogen-bond donors (Lipinski definition) is 0. The van der Waals surface area contributed by atoms with Gasteiger partial charge in [-0.1, -0.05) is 19.4 Å². The van der Waals surface area contributed by atoms with Crippen molar-refractivity contribution in [1.82, 2.24) is 0 Å². The predicted molar refractivity (Wildman–Crippen MR) is 81.6 cm³/mol. The summed E-state index contributed by atoms with van der Waals surface area (Å²) in [5.74, 6) is 3.87. The van der Waals surface area contributed by atoms with E-state index >= 15 is 0 Å². The summed E-state index contributed by atoms with van der Waals surface area (Å²) >= 11 is 0. The molecule has 0 aromatic carbocycles. The fraction of sp³-hybridized carbons (Fsp3) is 0.789. The molecule has 3 saturated carbocycles. The summed E-state index contributed by atoms with van der Waals surface area (Å²) in [6.07, 6.45) is 9.48. The van der Waals surface area contributed by atoms with E-state index in [4.69, 9.17) is 0 Å². The van der Waals surface area contributed by atoms with Gasteiger partial charge in [0.1, 0.15) is 5.78 Å². The Morgan fingerprint density at radius 1 is 1.10 bits per heavy atom. The summed E-state index contributed by atoms with van der Waals surface area (Å²) in [5.41, 5.74) is 1.40. The first kappa shape index (κ1) is 13.7. The summed E-state index contributed by atoms with van der Waals surface area (Å²) in [5, 5.41) is 0. The van der Waals surface area contributed by atoms with Gasteiger partial charge in [0.2, 0.25) is 0 Å². The van der Waals surface area contributed by atoms with E-state index in [0.717, 1.165) is 43.9 Å². The van der Waals surface area contributed by atoms with Crippen LogP contribution in [0.2, 0.25) is 0 Å². The van der Waals surface area contributed by atoms with Gasteiger partial charge in [-0.3, -0.25) is 9.59 Å². The second kappa shape index (κ2) is 4.54. The minimum atomic E-state index is -0.0354. The van der Waals surface area contributed by atoms with Gasteiger partial charge in [0.15, 0.2) is 5.78 Å². The number of fused-ring (bicyclic) bond motifs is 5. The molecule has 0 heterocycles. The molecule has 2 heteroatoms. The van der Waals surface area contributed by atoms with Crippen molar-refractivity contribution in [2.24, 2.45) is 35.0 Å². The Labute approximate surface area is 127 Å². The first-order chi connectivity index (χ1) is 10.0. The highest BCUT2D eigenvalue weighted by molar-refractivity contribution is 5.91. The van der Waals surface area contributed by atoms with E-state index in [2.05, 4.69) is 13.8 Å². The zero-order valence-electron chi connectivity index (χ0n) is 13.2. The third-order valence-corrected chi connectivity index (χ3v) is 7.31. The van der Waals surface area contributed by atoms with Gasteiger partial charge in [0.25, 0.3) is 0 Å². The van der Waals surface area contributed by atoms with Crippen molar-refractivity contribution >= 4 is 11.6 Å². The molecule has 0 amide bonds. The highest BCUT2D eigenvalue weighted by Gasteiger charge is 2.58. The minimum absolute atomic E-state index is 0.0354. The van der Waals surface area contributed by atoms with Crippen LogP contribution in [-0.4, -0.2) is 11.6 Å². The van der Waals surface area contributed by atoms with Gasteiger partial charge in [0.05, 0.1) is 0 Å². The maximum Gasteiger partial charge on any atom is 0.155 e. The molecular formula is C19H26O2. The Morgan fingerprint density at radius 3 is 2.71 bits per heavy atom. The van der Waals surface area contributed by atoms with Crippen molar-refractivity contribution in [1.29, 1.82) is 0 Å². The standard InChI is InChI=1S/C19H26O2/c1-11-9-17-16-5-3-12-10-13(20)4-6-14(12)15(16)7-8-19(17,2)18(11)21/h10-11,14-17H,3-9H2,1-2H3/t11?,14-,15+,16+,17-,19-/m0/s1. The molecule has 0 spiro atoms. The van der Waals surface area contributed by atoms with E-state index in [-0.39, 0.29) is 11.3 Å². The molecule has 4 rings (SSSR count). The van der Waals surface area contributed by atoms with Crippen LogP contribution in [0.4, 0.5) is 0 Å². The molecule has 0 saturated heterocycles. The van der Waals surface area contributed by atoms with Crippen LogP contribution in [0.15, 0.2) is 11.6 Å². The minimum Gasteiger partial charge on any atom is -0.299 e. The van der Waals surface area contributed by atoms with Crippen LogP contribution in [0.1, 0.15) is 58.8 Å². The average Bonchev–Trinajstić information content (AvgIpc) is 2.70. The van der Waals surface area contributed by atoms with Gasteiger partial charge in [0, 0.05) is 17.8 Å². The van der Waals surface area contributed by atoms with Crippen LogP contribution in [0.3, 0.4) is 0 Å². The molecule has 114 valence electrons. The van der Waals surface area contributed by atoms with Crippen molar-refractivity contribution < 1.29 is 9.59 Å². The van der Waals surface area contributed by atoms with E-state index < -0.39 is 0 Å². The number of hydrogen-bond acceptors (Lipinski definition) is 2. The van der Waals surface area contributed by atoms with Crippen molar-refractivity contribution in [3.63, 3.8) is 0 Å². The molecule has 0 aromatic rings. The smallest absolute Gasteiger partial charge is 0.155 e. The van der Waals surface area contributed by atoms with Crippen LogP contribution in [0, 0.1) is 35.0 Å². The van der Waals surface area contributed by atoms with Gasteiger partial charge >= 0.3 is 0 Å². The SMILES string of the molecule is CC1C[C@H]2[C@@H]3CCC4=CC(=O)CC[C@@H]4[C@H]3CC[C@]2(C)C1=O. The summed E-state index contributed by atoms with van der Waals surface area (Å²) < 4.78 is 0. The summed E-state index contributed by atoms with van der Waals surface area (Å²) in [4.78, 5) is 24.3. The zero-order valence-corrected chi connectivity index (χ0v) is 13.2. The monoisotopic (exact) mass is 286 g/mol. The van der Waals surface area contributed by atoms with Crippen LogP contribution in [-0.2, 0) is 9.59 Å². The lowest BCUT2D eigenvalue weighted by Gasteiger charge is -2.52. The summed E-state index contributed by atoms with van der Waals surface area (Å²) in [6.45, 7) is 4.38. The fourth-order valence-corrected chi connectivity index (χ4v) is 6.29. The molecule has 0 aliphatic heterocycles. The topological polar surface area (TPSA) is 34.1 Å². The zero-order chi connectivity index (χ0) is 14.8. The molecule has 1 unspecified atom stereocenters. The number of carbonyl (C=O) groups is 2. The van der Waals surface area contributed by atoms with Gasteiger partial charge < -0.3 is 0 Å². The highest BCUT2D eigenvalue weighted by Crippen LogP contribution is 2.61. The maximum absolute atomic E-state index is 12.6. The maximum atomic E-state index is 12.6. The lowest BCUT2D eigenvalue weighted by Crippen LogP contribution is -2.46. The normalized spacial score (nSPS) is 49.2. The fourth-order valence-electron chi connectivity index (χ4n) is 6.29. The van der Waals surface area contributed by atoms with E-state index in [1.54, 1.807) is 0 Å². The first-order valence-corrected chi connectivity index (χ1v) is 8.78. The van der Waals surface area contributed by atoms with Gasteiger partial charge in [-0.15, -0.1) is 0 Å². The van der Waals surface area contributed by atoms with Crippen molar-refractivity contribution in [3.8, 4) is 0 Å². The lowest BCUT2D eigenvalue weighted by atomic mass is 9.52. The van der Waals surface area contributed by atoms with E-state index in [1.165, 1.54) is 18.4 Å². The molecule has 4 aliphatic rings. The molecule has 3 fully saturated rings. The molecular weight excluding hydrogens is 260 g/mol. The molecule has 2 nitrogen and oxygen atoms in total. The van der Waals surface area contributed by atoms with Crippen molar-refractivity contribution in [2.75, 3.05) is 0 Å². The molecule has 6 atom stereocenters. The van der Waals surface area contributed by atoms with Gasteiger partial charge in [-0.2, -0.15) is 0 Å². The second-order valence-electron chi connectivity index (χ2n) is 8.26. The van der Waals surface area contributed by atoms with Gasteiger partial charge in [-0.25, -0.2) is 0 Å². The van der Waals surface area contributed by atoms with E-state index in [0.29, 0.717) is 23.4 Å². The quantitative estimate of drug-likeness (QED) is 0.676. The molecule has 0 N–H and O–H groups in total. The van der Waals surface area contributed by atoms with Gasteiger partial charge in [-0.05, 0) is 68.3 Å². The Bertz CT molecular complexity index is 532. The van der Waals surface area contributed by atoms with Crippen molar-refractivity contribution in [3.05, 3.63) is 11.6 Å². The van der Waals surface area contributed by atoms with E-state index in [9.17, 15) is 9.59 Å². The summed E-state index contributed by atoms with van der Waals surface area (Å²) in [6, 6.07) is 0. The van der Waals surface area contributed by atoms with Crippen LogP contribution in [0.25, 0.3) is 0 Å². The van der Waals surface area contributed by atoms with Crippen LogP contribution < -0.4 is 0 Å². The Kier molecular flexibility index (Phi) is 2.96. The summed E-state index contributed by atoms with van der Waals surface area (Å²) in [7, 11) is 0. The molecule has 0 radical (unpaired) electrons. The first-order valence-electron chi connectivity index (χ1n) is 8.78. The Balaban J connectivity index is 1.65. The van der Waals surface area contributed by atoms with Crippen LogP contribution >= 0.6 is 0 Å². The Morgan fingerprint density at radius 2 is 1.90 bits per heavy atom. The number of allylic oxidation sites excluding steroid dienone is 1. The molecule has 4 aliphatic carbocycles. The van der Waals surface area contributed by atoms with Crippen LogP contribution in [0.5, 0.6) is 0 Å². The number of carbonyl (C=O) groups excluding carboxylic acids is 2. The molecule has 0 bridgehead atoms.